The Balaban J connectivity index is 1.59. The van der Waals surface area contributed by atoms with Crippen LogP contribution in [-0.4, -0.2) is 82.3 Å². The molecular weight excluding hydrogens is 685 g/mol. The van der Waals surface area contributed by atoms with Crippen molar-refractivity contribution in [2.45, 2.75) is 53.4 Å². The highest BCUT2D eigenvalue weighted by Crippen LogP contribution is 2.37. The third-order valence-corrected chi connectivity index (χ3v) is 10.1. The first kappa shape index (κ1) is 36.6. The van der Waals surface area contributed by atoms with Crippen molar-refractivity contribution in [3.05, 3.63) is 70.3 Å². The molecule has 0 radical (unpaired) electrons. The molecule has 6 N–H and O–H groups in total. The van der Waals surface area contributed by atoms with Crippen molar-refractivity contribution < 1.29 is 35.5 Å². The maximum absolute atomic E-state index is 12.7. The molecule has 5 rings (SSSR count). The molecule has 0 saturated carbocycles. The number of aryl methyl sites for hydroxylation is 2. The number of aromatic nitrogens is 4. The lowest BCUT2D eigenvalue weighted by molar-refractivity contribution is -0.121. The van der Waals surface area contributed by atoms with E-state index in [2.05, 4.69) is 26.7 Å². The molecule has 14 nitrogen and oxygen atoms in total. The fourth-order valence-electron chi connectivity index (χ4n) is 5.93. The van der Waals surface area contributed by atoms with Crippen LogP contribution in [-0.2, 0) is 29.8 Å². The highest BCUT2D eigenvalue weighted by atomic mass is 32.2. The lowest BCUT2D eigenvalue weighted by atomic mass is 9.98. The van der Waals surface area contributed by atoms with E-state index in [1.807, 2.05) is 58.0 Å². The van der Waals surface area contributed by atoms with Gasteiger partial charge in [-0.3, -0.25) is 18.7 Å². The summed E-state index contributed by atoms with van der Waals surface area (Å²) in [6.07, 6.45) is 0.646. The molecule has 3 aromatic rings. The SMILES string of the molecule is CC1=C(CCC(=O)NCCS(=O)(=O)O)c2cc3nc(cc4[nH]c(cc4C)cc4[nH]c(cc1n2)cc4C)C(C)=C3CCC(=O)NCCS(=O)(=O)O. The lowest BCUT2D eigenvalue weighted by Crippen LogP contribution is -2.28. The molecule has 0 aromatic carbocycles. The number of nitrogens with zero attached hydrogens (tertiary/aromatic N) is 2. The van der Waals surface area contributed by atoms with E-state index in [4.69, 9.17) is 19.1 Å². The summed E-state index contributed by atoms with van der Waals surface area (Å²) >= 11 is 0. The van der Waals surface area contributed by atoms with Gasteiger partial charge in [0.1, 0.15) is 0 Å². The predicted molar refractivity (Wildman–Crippen MR) is 193 cm³/mol. The van der Waals surface area contributed by atoms with Crippen LogP contribution in [0.2, 0.25) is 0 Å². The van der Waals surface area contributed by atoms with E-state index in [-0.39, 0.29) is 50.6 Å². The maximum atomic E-state index is 12.7. The van der Waals surface area contributed by atoms with Gasteiger partial charge in [0.25, 0.3) is 20.2 Å². The number of H-pyrrole nitrogens is 2. The average molecular weight is 725 g/mol. The Hall–Kier alpha value is -4.64. The summed E-state index contributed by atoms with van der Waals surface area (Å²) in [5, 5.41) is 5.05. The number of amides is 2. The first-order chi connectivity index (χ1) is 23.5. The van der Waals surface area contributed by atoms with Gasteiger partial charge in [-0.2, -0.15) is 16.8 Å². The average Bonchev–Trinajstić information content (AvgIpc) is 3.70. The Bertz CT molecular complexity index is 2320. The molecule has 50 heavy (non-hydrogen) atoms. The van der Waals surface area contributed by atoms with Crippen LogP contribution in [0.4, 0.5) is 0 Å². The zero-order valence-electron chi connectivity index (χ0n) is 28.2. The molecule has 3 aromatic heterocycles. The number of aromatic amines is 2. The highest BCUT2D eigenvalue weighted by molar-refractivity contribution is 7.86. The molecule has 2 aliphatic rings. The van der Waals surface area contributed by atoms with Gasteiger partial charge in [0.15, 0.2) is 0 Å². The first-order valence-electron chi connectivity index (χ1n) is 16.0. The fourth-order valence-corrected chi connectivity index (χ4v) is 6.65. The minimum absolute atomic E-state index is 0.0380. The van der Waals surface area contributed by atoms with Crippen LogP contribution in [0, 0.1) is 13.8 Å². The molecular formula is C34H40N6O8S2. The van der Waals surface area contributed by atoms with Crippen LogP contribution in [0.3, 0.4) is 0 Å². The summed E-state index contributed by atoms with van der Waals surface area (Å²) in [5.41, 5.74) is 11.4. The summed E-state index contributed by atoms with van der Waals surface area (Å²) < 4.78 is 62.3. The van der Waals surface area contributed by atoms with Gasteiger partial charge in [0.2, 0.25) is 11.8 Å². The van der Waals surface area contributed by atoms with Crippen LogP contribution in [0.25, 0.3) is 44.4 Å². The zero-order chi connectivity index (χ0) is 36.4. The lowest BCUT2D eigenvalue weighted by Gasteiger charge is -2.08. The van der Waals surface area contributed by atoms with Gasteiger partial charge in [-0.15, -0.1) is 0 Å². The fraction of sp³-hybridized carbons (Fsp3) is 0.353. The molecule has 0 fully saturated rings. The Labute approximate surface area is 290 Å². The van der Waals surface area contributed by atoms with Crippen molar-refractivity contribution >= 4 is 76.4 Å². The normalized spacial score (nSPS) is 13.6. The van der Waals surface area contributed by atoms with Gasteiger partial charge in [-0.1, -0.05) is 0 Å². The van der Waals surface area contributed by atoms with Crippen molar-refractivity contribution in [2.24, 2.45) is 0 Å². The van der Waals surface area contributed by atoms with Crippen LogP contribution in [0.5, 0.6) is 0 Å². The molecule has 2 aliphatic heterocycles. The van der Waals surface area contributed by atoms with E-state index in [0.717, 1.165) is 55.5 Å². The second kappa shape index (κ2) is 14.7. The number of carbonyl (C=O) groups is 2. The van der Waals surface area contributed by atoms with Crippen LogP contribution < -0.4 is 10.6 Å². The van der Waals surface area contributed by atoms with Gasteiger partial charge in [0.05, 0.1) is 34.3 Å². The monoisotopic (exact) mass is 724 g/mol. The molecule has 2 amide bonds. The van der Waals surface area contributed by atoms with E-state index in [0.29, 0.717) is 22.8 Å². The van der Waals surface area contributed by atoms with Crippen LogP contribution >= 0.6 is 0 Å². The summed E-state index contributed by atoms with van der Waals surface area (Å²) in [6, 6.07) is 11.8. The van der Waals surface area contributed by atoms with E-state index in [1.165, 1.54) is 0 Å². The second-order valence-corrected chi connectivity index (χ2v) is 15.6. The topological polar surface area (TPSA) is 224 Å². The van der Waals surface area contributed by atoms with E-state index < -0.39 is 31.7 Å². The maximum Gasteiger partial charge on any atom is 0.266 e. The number of rotatable bonds is 12. The summed E-state index contributed by atoms with van der Waals surface area (Å²) in [7, 11) is -8.43. The van der Waals surface area contributed by atoms with Crippen molar-refractivity contribution in [2.75, 3.05) is 24.6 Å². The molecule has 8 bridgehead atoms. The number of allylic oxidation sites excluding steroid dienone is 4. The van der Waals surface area contributed by atoms with Gasteiger partial charge in [-0.05, 0) is 110 Å². The molecule has 0 unspecified atom stereocenters. The van der Waals surface area contributed by atoms with E-state index in [1.54, 1.807) is 0 Å². The highest BCUT2D eigenvalue weighted by Gasteiger charge is 2.22. The molecule has 16 heteroatoms. The number of carbonyl (C=O) groups excluding carboxylic acids is 2. The third kappa shape index (κ3) is 9.32. The predicted octanol–water partition coefficient (Wildman–Crippen LogP) is 4.36. The number of hydrogen-bond donors (Lipinski definition) is 6. The van der Waals surface area contributed by atoms with Crippen LogP contribution in [0.1, 0.15) is 73.4 Å². The van der Waals surface area contributed by atoms with Gasteiger partial charge in [-0.25, -0.2) is 9.97 Å². The zero-order valence-corrected chi connectivity index (χ0v) is 29.8. The van der Waals surface area contributed by atoms with Crippen molar-refractivity contribution in [3.8, 4) is 0 Å². The van der Waals surface area contributed by atoms with E-state index in [9.17, 15) is 26.4 Å². The second-order valence-electron chi connectivity index (χ2n) is 12.5. The number of hydrogen-bond acceptors (Lipinski definition) is 8. The van der Waals surface area contributed by atoms with Gasteiger partial charge in [0, 0.05) is 48.0 Å². The Morgan fingerprint density at radius 2 is 1.04 bits per heavy atom. The van der Waals surface area contributed by atoms with E-state index >= 15 is 0 Å². The van der Waals surface area contributed by atoms with Crippen LogP contribution in [0.15, 0.2) is 36.4 Å². The third-order valence-electron chi connectivity index (χ3n) is 8.64. The quantitative estimate of drug-likeness (QED) is 0.145. The molecule has 0 spiro atoms. The molecule has 0 atom stereocenters. The summed E-state index contributed by atoms with van der Waals surface area (Å²) in [6.45, 7) is 7.42. The Morgan fingerprint density at radius 3 is 1.50 bits per heavy atom. The summed E-state index contributed by atoms with van der Waals surface area (Å²) in [5.74, 6) is -1.95. The summed E-state index contributed by atoms with van der Waals surface area (Å²) in [4.78, 5) is 42.2. The number of fused-ring (bicyclic) bond motifs is 8. The minimum Gasteiger partial charge on any atom is -0.355 e. The largest absolute Gasteiger partial charge is 0.355 e. The standard InChI is InChI=1S/C34H40N6O8S2/c1-19-13-24-16-29-21(3)25(5-7-33(41)35-9-11-49(43,44)45)31(39-29)18-32-26(6-8-34(42)36-10-12-50(46,47)48)22(4)30(40-32)17-28-20(2)14-23(38-28)15-27(19)37-24/h13-18,37-38H,5-12H2,1-4H3,(H,35,41)(H,36,42)(H,43,44,45)(H,46,47,48). The van der Waals surface area contributed by atoms with Crippen molar-refractivity contribution in [1.29, 1.82) is 0 Å². The molecule has 0 aliphatic carbocycles. The Morgan fingerprint density at radius 1 is 0.620 bits per heavy atom. The van der Waals surface area contributed by atoms with Gasteiger partial charge < -0.3 is 20.6 Å². The minimum atomic E-state index is -4.22. The first-order valence-corrected chi connectivity index (χ1v) is 19.2. The molecule has 0 saturated heterocycles. The molecule has 266 valence electrons. The number of nitrogens with one attached hydrogen (secondary N) is 4. The van der Waals surface area contributed by atoms with Gasteiger partial charge >= 0.3 is 0 Å². The van der Waals surface area contributed by atoms with Crippen molar-refractivity contribution in [1.82, 2.24) is 30.6 Å². The smallest absolute Gasteiger partial charge is 0.266 e. The Kier molecular flexibility index (Phi) is 10.8. The molecule has 5 heterocycles. The van der Waals surface area contributed by atoms with Crippen molar-refractivity contribution in [3.63, 3.8) is 0 Å².